The number of aliphatic hydroxyl groups excluding tert-OH is 1. The van der Waals surface area contributed by atoms with Gasteiger partial charge in [-0.25, -0.2) is 0 Å². The largest absolute Gasteiger partial charge is 0.493 e. The summed E-state index contributed by atoms with van der Waals surface area (Å²) in [6.45, 7) is 4.37. The van der Waals surface area contributed by atoms with Gasteiger partial charge in [0.25, 0.3) is 0 Å². The van der Waals surface area contributed by atoms with E-state index in [1.54, 1.807) is 7.11 Å². The molecule has 2 rings (SSSR count). The maximum absolute atomic E-state index is 10.4. The zero-order chi connectivity index (χ0) is 13.1. The van der Waals surface area contributed by atoms with Gasteiger partial charge in [0.2, 0.25) is 12.5 Å². The van der Waals surface area contributed by atoms with Gasteiger partial charge in [-0.2, -0.15) is 0 Å². The molecule has 0 amide bonds. The Bertz CT molecular complexity index is 413. The molecule has 1 unspecified atom stereocenters. The summed E-state index contributed by atoms with van der Waals surface area (Å²) in [7, 11) is 1.59. The summed E-state index contributed by atoms with van der Waals surface area (Å²) in [6, 6.07) is 3.67. The number of rotatable bonds is 5. The van der Waals surface area contributed by atoms with Crippen LogP contribution in [0.15, 0.2) is 12.1 Å². The first-order valence-electron chi connectivity index (χ1n) is 6.36. The fourth-order valence-electron chi connectivity index (χ4n) is 2.33. The lowest BCUT2D eigenvalue weighted by Crippen LogP contribution is -2.11. The maximum Gasteiger partial charge on any atom is 0.231 e. The minimum atomic E-state index is -0.497. The second-order valence-electron chi connectivity index (χ2n) is 4.48. The lowest BCUT2D eigenvalue weighted by molar-refractivity contribution is 0.103. The molecule has 0 spiro atoms. The van der Waals surface area contributed by atoms with Gasteiger partial charge in [-0.3, -0.25) is 0 Å². The van der Waals surface area contributed by atoms with Crippen LogP contribution in [0.25, 0.3) is 0 Å². The highest BCUT2D eigenvalue weighted by molar-refractivity contribution is 5.55. The van der Waals surface area contributed by atoms with Crippen molar-refractivity contribution in [2.75, 3.05) is 13.9 Å². The van der Waals surface area contributed by atoms with E-state index in [0.29, 0.717) is 17.2 Å². The Morgan fingerprint density at radius 1 is 1.28 bits per heavy atom. The van der Waals surface area contributed by atoms with Gasteiger partial charge in [-0.15, -0.1) is 0 Å². The van der Waals surface area contributed by atoms with Gasteiger partial charge in [0.15, 0.2) is 11.5 Å². The highest BCUT2D eigenvalue weighted by atomic mass is 16.7. The Morgan fingerprint density at radius 3 is 2.61 bits per heavy atom. The van der Waals surface area contributed by atoms with Gasteiger partial charge in [0.1, 0.15) is 0 Å². The van der Waals surface area contributed by atoms with Crippen molar-refractivity contribution in [1.29, 1.82) is 0 Å². The van der Waals surface area contributed by atoms with Crippen molar-refractivity contribution in [3.05, 3.63) is 17.7 Å². The molecule has 4 heteroatoms. The number of aliphatic hydroxyl groups is 1. The molecule has 1 N–H and O–H groups in total. The Morgan fingerprint density at radius 2 is 2.00 bits per heavy atom. The number of hydrogen-bond donors (Lipinski definition) is 1. The topological polar surface area (TPSA) is 47.9 Å². The fraction of sp³-hybridized carbons (Fsp3) is 0.571. The molecule has 0 aliphatic carbocycles. The maximum atomic E-state index is 10.4. The van der Waals surface area contributed by atoms with Crippen molar-refractivity contribution >= 4 is 0 Å². The van der Waals surface area contributed by atoms with Crippen LogP contribution in [0.5, 0.6) is 17.2 Å². The fourth-order valence-corrected chi connectivity index (χ4v) is 2.33. The molecule has 0 bridgehead atoms. The first-order chi connectivity index (χ1) is 8.71. The molecule has 0 saturated carbocycles. The smallest absolute Gasteiger partial charge is 0.231 e. The number of ether oxygens (including phenoxy) is 3. The molecule has 1 atom stereocenters. The molecule has 1 heterocycles. The molecule has 0 fully saturated rings. The van der Waals surface area contributed by atoms with Crippen molar-refractivity contribution in [3.8, 4) is 17.2 Å². The average Bonchev–Trinajstić information content (AvgIpc) is 2.86. The summed E-state index contributed by atoms with van der Waals surface area (Å²) in [5.41, 5.74) is 0.824. The highest BCUT2D eigenvalue weighted by Crippen LogP contribution is 2.44. The number of hydrogen-bond acceptors (Lipinski definition) is 4. The van der Waals surface area contributed by atoms with Gasteiger partial charge in [0.05, 0.1) is 13.2 Å². The summed E-state index contributed by atoms with van der Waals surface area (Å²) in [5.74, 6) is 2.13. The third-order valence-electron chi connectivity index (χ3n) is 3.52. The molecule has 0 saturated heterocycles. The summed E-state index contributed by atoms with van der Waals surface area (Å²) in [5, 5.41) is 10.4. The van der Waals surface area contributed by atoms with Crippen LogP contribution in [-0.4, -0.2) is 19.0 Å². The lowest BCUT2D eigenvalue weighted by atomic mass is 9.91. The van der Waals surface area contributed by atoms with Gasteiger partial charge in [-0.05, 0) is 23.6 Å². The van der Waals surface area contributed by atoms with Crippen LogP contribution < -0.4 is 14.2 Å². The highest BCUT2D eigenvalue weighted by Gasteiger charge is 2.25. The predicted octanol–water partition coefficient (Wildman–Crippen LogP) is 2.89. The summed E-state index contributed by atoms with van der Waals surface area (Å²) in [6.07, 6.45) is 1.38. The number of methoxy groups -OCH3 is 1. The Labute approximate surface area is 107 Å². The lowest BCUT2D eigenvalue weighted by Gasteiger charge is -2.21. The van der Waals surface area contributed by atoms with E-state index in [9.17, 15) is 5.11 Å². The molecule has 1 aromatic carbocycles. The number of fused-ring (bicyclic) bond motifs is 1. The average molecular weight is 252 g/mol. The van der Waals surface area contributed by atoms with Gasteiger partial charge >= 0.3 is 0 Å². The molecular weight excluding hydrogens is 232 g/mol. The zero-order valence-electron chi connectivity index (χ0n) is 11.1. The zero-order valence-corrected chi connectivity index (χ0v) is 11.1. The van der Waals surface area contributed by atoms with E-state index in [4.69, 9.17) is 14.2 Å². The van der Waals surface area contributed by atoms with Gasteiger partial charge in [0, 0.05) is 0 Å². The molecule has 1 aliphatic rings. The molecule has 1 aromatic rings. The second kappa shape index (κ2) is 5.48. The van der Waals surface area contributed by atoms with Crippen molar-refractivity contribution in [1.82, 2.24) is 0 Å². The standard InChI is InChI=1S/C14H20O4/c1-4-9(5-2)13(15)10-6-11(16-3)14-12(7-10)17-8-18-14/h6-7,9,13,15H,4-5,8H2,1-3H3. The van der Waals surface area contributed by atoms with Gasteiger partial charge in [-0.1, -0.05) is 26.7 Å². The third-order valence-corrected chi connectivity index (χ3v) is 3.52. The molecule has 100 valence electrons. The molecule has 4 nitrogen and oxygen atoms in total. The van der Waals surface area contributed by atoms with Crippen LogP contribution in [0, 0.1) is 5.92 Å². The summed E-state index contributed by atoms with van der Waals surface area (Å²) < 4.78 is 16.0. The Kier molecular flexibility index (Phi) is 3.97. The molecule has 18 heavy (non-hydrogen) atoms. The van der Waals surface area contributed by atoms with Crippen molar-refractivity contribution in [3.63, 3.8) is 0 Å². The molecule has 0 aromatic heterocycles. The van der Waals surface area contributed by atoms with E-state index in [-0.39, 0.29) is 12.7 Å². The van der Waals surface area contributed by atoms with Crippen molar-refractivity contribution in [2.45, 2.75) is 32.8 Å². The van der Waals surface area contributed by atoms with Crippen LogP contribution in [0.1, 0.15) is 38.4 Å². The van der Waals surface area contributed by atoms with Crippen LogP contribution >= 0.6 is 0 Å². The van der Waals surface area contributed by atoms with Gasteiger partial charge < -0.3 is 19.3 Å². The summed E-state index contributed by atoms with van der Waals surface area (Å²) >= 11 is 0. The van der Waals surface area contributed by atoms with E-state index in [0.717, 1.165) is 18.4 Å². The normalized spacial score (nSPS) is 14.9. The van der Waals surface area contributed by atoms with Crippen LogP contribution in [0.4, 0.5) is 0 Å². The molecular formula is C14H20O4. The molecule has 0 radical (unpaired) electrons. The van der Waals surface area contributed by atoms with Crippen LogP contribution in [0.3, 0.4) is 0 Å². The van der Waals surface area contributed by atoms with E-state index >= 15 is 0 Å². The number of benzene rings is 1. The summed E-state index contributed by atoms with van der Waals surface area (Å²) in [4.78, 5) is 0. The van der Waals surface area contributed by atoms with Crippen LogP contribution in [-0.2, 0) is 0 Å². The SMILES string of the molecule is CCC(CC)C(O)c1cc(OC)c2c(c1)OCO2. The Hall–Kier alpha value is -1.42. The quantitative estimate of drug-likeness (QED) is 0.875. The van der Waals surface area contributed by atoms with E-state index in [1.807, 2.05) is 12.1 Å². The molecule has 1 aliphatic heterocycles. The second-order valence-corrected chi connectivity index (χ2v) is 4.48. The van der Waals surface area contributed by atoms with E-state index in [2.05, 4.69) is 13.8 Å². The third kappa shape index (κ3) is 2.25. The first kappa shape index (κ1) is 13.0. The monoisotopic (exact) mass is 252 g/mol. The first-order valence-corrected chi connectivity index (χ1v) is 6.36. The minimum absolute atomic E-state index is 0.205. The minimum Gasteiger partial charge on any atom is -0.493 e. The van der Waals surface area contributed by atoms with Crippen molar-refractivity contribution in [2.24, 2.45) is 5.92 Å². The Balaban J connectivity index is 2.34. The predicted molar refractivity (Wildman–Crippen MR) is 68.1 cm³/mol. The van der Waals surface area contributed by atoms with E-state index in [1.165, 1.54) is 0 Å². The van der Waals surface area contributed by atoms with Crippen molar-refractivity contribution < 1.29 is 19.3 Å². The van der Waals surface area contributed by atoms with Crippen LogP contribution in [0.2, 0.25) is 0 Å². The van der Waals surface area contributed by atoms with E-state index < -0.39 is 6.10 Å².